The molecule has 2 aromatic heterocycles. The van der Waals surface area contributed by atoms with Crippen molar-refractivity contribution >= 4 is 5.78 Å². The van der Waals surface area contributed by atoms with Gasteiger partial charge in [-0.2, -0.15) is 4.98 Å². The van der Waals surface area contributed by atoms with Gasteiger partial charge in [-0.05, 0) is 19.5 Å². The number of hydrogen-bond donors (Lipinski definition) is 1. The highest BCUT2D eigenvalue weighted by Crippen LogP contribution is 2.18. The van der Waals surface area contributed by atoms with Crippen LogP contribution in [0.3, 0.4) is 0 Å². The van der Waals surface area contributed by atoms with Gasteiger partial charge in [0.05, 0.1) is 5.69 Å². The van der Waals surface area contributed by atoms with Gasteiger partial charge < -0.3 is 5.73 Å². The molecule has 5 heteroatoms. The van der Waals surface area contributed by atoms with Crippen LogP contribution < -0.4 is 5.73 Å². The summed E-state index contributed by atoms with van der Waals surface area (Å²) >= 11 is 0. The summed E-state index contributed by atoms with van der Waals surface area (Å²) in [4.78, 5) is 8.97. The molecule has 0 fully saturated rings. The SMILES string of the molecule is Cc1cc(-c2ccccc2)nc2nc(CCN)nn12. The second-order valence-corrected chi connectivity index (χ2v) is 4.43. The maximum absolute atomic E-state index is 5.53. The number of aromatic nitrogens is 4. The standard InChI is InChI=1S/C14H15N5/c1-10-9-12(11-5-3-2-4-6-11)16-14-17-13(7-8-15)18-19(10)14/h2-6,9H,7-8,15H2,1H3. The monoisotopic (exact) mass is 253 g/mol. The Bertz CT molecular complexity index is 702. The molecule has 0 radical (unpaired) electrons. The molecule has 0 aliphatic carbocycles. The molecule has 0 saturated carbocycles. The Morgan fingerprint density at radius 1 is 1.16 bits per heavy atom. The number of benzene rings is 1. The molecule has 0 aliphatic heterocycles. The first-order valence-electron chi connectivity index (χ1n) is 6.27. The first kappa shape index (κ1) is 11.8. The van der Waals surface area contributed by atoms with E-state index < -0.39 is 0 Å². The quantitative estimate of drug-likeness (QED) is 0.769. The molecule has 1 aromatic carbocycles. The number of hydrogen-bond acceptors (Lipinski definition) is 4. The lowest BCUT2D eigenvalue weighted by atomic mass is 10.1. The third kappa shape index (κ3) is 2.20. The van der Waals surface area contributed by atoms with Crippen LogP contribution in [0.15, 0.2) is 36.4 Å². The first-order valence-corrected chi connectivity index (χ1v) is 6.27. The van der Waals surface area contributed by atoms with Gasteiger partial charge in [0, 0.05) is 17.7 Å². The molecule has 0 bridgehead atoms. The molecule has 5 nitrogen and oxygen atoms in total. The normalized spacial score (nSPS) is 11.1. The zero-order valence-corrected chi connectivity index (χ0v) is 10.7. The van der Waals surface area contributed by atoms with Gasteiger partial charge in [0.15, 0.2) is 5.82 Å². The number of nitrogens with zero attached hydrogens (tertiary/aromatic N) is 4. The largest absolute Gasteiger partial charge is 0.330 e. The van der Waals surface area contributed by atoms with Gasteiger partial charge >= 0.3 is 0 Å². The summed E-state index contributed by atoms with van der Waals surface area (Å²) in [6, 6.07) is 12.1. The fourth-order valence-corrected chi connectivity index (χ4v) is 2.05. The van der Waals surface area contributed by atoms with Crippen LogP contribution in [0.4, 0.5) is 0 Å². The van der Waals surface area contributed by atoms with E-state index >= 15 is 0 Å². The predicted molar refractivity (Wildman–Crippen MR) is 73.7 cm³/mol. The summed E-state index contributed by atoms with van der Waals surface area (Å²) in [6.07, 6.45) is 0.670. The molecule has 96 valence electrons. The van der Waals surface area contributed by atoms with E-state index in [1.165, 1.54) is 0 Å². The molecule has 0 unspecified atom stereocenters. The Hall–Kier alpha value is -2.27. The molecule has 3 rings (SSSR count). The molecule has 2 heterocycles. The molecule has 0 spiro atoms. The molecule has 3 aromatic rings. The van der Waals surface area contributed by atoms with E-state index in [0.717, 1.165) is 22.8 Å². The van der Waals surface area contributed by atoms with Crippen LogP contribution in [-0.2, 0) is 6.42 Å². The maximum Gasteiger partial charge on any atom is 0.253 e. The average molecular weight is 253 g/mol. The number of fused-ring (bicyclic) bond motifs is 1. The van der Waals surface area contributed by atoms with Crippen LogP contribution in [0.1, 0.15) is 11.5 Å². The van der Waals surface area contributed by atoms with Crippen molar-refractivity contribution in [2.45, 2.75) is 13.3 Å². The summed E-state index contributed by atoms with van der Waals surface area (Å²) < 4.78 is 1.76. The van der Waals surface area contributed by atoms with Gasteiger partial charge in [0.2, 0.25) is 0 Å². The molecular formula is C14H15N5. The van der Waals surface area contributed by atoms with Crippen molar-refractivity contribution in [1.29, 1.82) is 0 Å². The topological polar surface area (TPSA) is 69.1 Å². The second kappa shape index (κ2) is 4.78. The van der Waals surface area contributed by atoms with Crippen molar-refractivity contribution in [2.24, 2.45) is 5.73 Å². The highest BCUT2D eigenvalue weighted by atomic mass is 15.3. The van der Waals surface area contributed by atoms with Crippen LogP contribution in [0.5, 0.6) is 0 Å². The van der Waals surface area contributed by atoms with Gasteiger partial charge in [-0.1, -0.05) is 30.3 Å². The minimum absolute atomic E-state index is 0.543. The van der Waals surface area contributed by atoms with Crippen LogP contribution in [0.25, 0.3) is 17.0 Å². The minimum Gasteiger partial charge on any atom is -0.330 e. The average Bonchev–Trinajstić information content (AvgIpc) is 2.83. The van der Waals surface area contributed by atoms with Gasteiger partial charge in [-0.3, -0.25) is 0 Å². The summed E-state index contributed by atoms with van der Waals surface area (Å²) in [5.41, 5.74) is 8.54. The lowest BCUT2D eigenvalue weighted by Crippen LogP contribution is -2.04. The van der Waals surface area contributed by atoms with Crippen molar-refractivity contribution in [2.75, 3.05) is 6.54 Å². The molecule has 0 amide bonds. The molecule has 0 saturated heterocycles. The minimum atomic E-state index is 0.543. The zero-order valence-electron chi connectivity index (χ0n) is 10.7. The number of aryl methyl sites for hydroxylation is 1. The Balaban J connectivity index is 2.13. The fraction of sp³-hybridized carbons (Fsp3) is 0.214. The Morgan fingerprint density at radius 2 is 1.95 bits per heavy atom. The first-order chi connectivity index (χ1) is 9.28. The summed E-state index contributed by atoms with van der Waals surface area (Å²) in [5, 5.41) is 4.40. The predicted octanol–water partition coefficient (Wildman–Crippen LogP) is 1.60. The van der Waals surface area contributed by atoms with E-state index in [9.17, 15) is 0 Å². The Kier molecular flexibility index (Phi) is 2.97. The summed E-state index contributed by atoms with van der Waals surface area (Å²) in [6.45, 7) is 2.55. The van der Waals surface area contributed by atoms with Gasteiger partial charge in [-0.15, -0.1) is 5.10 Å². The summed E-state index contributed by atoms with van der Waals surface area (Å²) in [5.74, 6) is 1.37. The van der Waals surface area contributed by atoms with Crippen molar-refractivity contribution in [1.82, 2.24) is 19.6 Å². The van der Waals surface area contributed by atoms with E-state index in [4.69, 9.17) is 5.73 Å². The van der Waals surface area contributed by atoms with E-state index in [1.807, 2.05) is 43.3 Å². The molecular weight excluding hydrogens is 238 g/mol. The zero-order chi connectivity index (χ0) is 13.2. The van der Waals surface area contributed by atoms with Crippen molar-refractivity contribution in [3.05, 3.63) is 47.9 Å². The molecule has 2 N–H and O–H groups in total. The molecule has 19 heavy (non-hydrogen) atoms. The highest BCUT2D eigenvalue weighted by Gasteiger charge is 2.09. The van der Waals surface area contributed by atoms with Crippen molar-refractivity contribution in [3.8, 4) is 11.3 Å². The van der Waals surface area contributed by atoms with E-state index in [0.29, 0.717) is 18.7 Å². The van der Waals surface area contributed by atoms with Gasteiger partial charge in [-0.25, -0.2) is 9.50 Å². The second-order valence-electron chi connectivity index (χ2n) is 4.43. The van der Waals surface area contributed by atoms with E-state index in [2.05, 4.69) is 15.1 Å². The van der Waals surface area contributed by atoms with Crippen molar-refractivity contribution < 1.29 is 0 Å². The van der Waals surface area contributed by atoms with Crippen LogP contribution in [0, 0.1) is 6.92 Å². The van der Waals surface area contributed by atoms with Crippen molar-refractivity contribution in [3.63, 3.8) is 0 Å². The lowest BCUT2D eigenvalue weighted by Gasteiger charge is -2.03. The van der Waals surface area contributed by atoms with E-state index in [1.54, 1.807) is 4.52 Å². The van der Waals surface area contributed by atoms with Crippen LogP contribution >= 0.6 is 0 Å². The summed E-state index contributed by atoms with van der Waals surface area (Å²) in [7, 11) is 0. The van der Waals surface area contributed by atoms with Gasteiger partial charge in [0.25, 0.3) is 5.78 Å². The lowest BCUT2D eigenvalue weighted by molar-refractivity contribution is 0.826. The van der Waals surface area contributed by atoms with E-state index in [-0.39, 0.29) is 0 Å². The Morgan fingerprint density at radius 3 is 2.68 bits per heavy atom. The third-order valence-corrected chi connectivity index (χ3v) is 2.97. The third-order valence-electron chi connectivity index (χ3n) is 2.97. The van der Waals surface area contributed by atoms with Crippen LogP contribution in [-0.4, -0.2) is 26.1 Å². The number of rotatable bonds is 3. The molecule has 0 atom stereocenters. The van der Waals surface area contributed by atoms with Crippen LogP contribution in [0.2, 0.25) is 0 Å². The number of nitrogens with two attached hydrogens (primary N) is 1. The maximum atomic E-state index is 5.53. The highest BCUT2D eigenvalue weighted by molar-refractivity contribution is 5.61. The van der Waals surface area contributed by atoms with Gasteiger partial charge in [0.1, 0.15) is 0 Å². The fourth-order valence-electron chi connectivity index (χ4n) is 2.05. The molecule has 0 aliphatic rings. The smallest absolute Gasteiger partial charge is 0.253 e. The Labute approximate surface area is 111 Å².